The smallest absolute Gasteiger partial charge is 0.0151 e. The van der Waals surface area contributed by atoms with E-state index >= 15 is 0 Å². The second-order valence-corrected chi connectivity index (χ2v) is 3.40. The van der Waals surface area contributed by atoms with Crippen molar-refractivity contribution < 1.29 is 0 Å². The molecule has 0 saturated carbocycles. The zero-order chi connectivity index (χ0) is 10.2. The average molecular weight is 184 g/mol. The van der Waals surface area contributed by atoms with Crippen LogP contribution in [0.2, 0.25) is 0 Å². The molecule has 0 aliphatic heterocycles. The van der Waals surface area contributed by atoms with Crippen LogP contribution in [-0.4, -0.2) is 0 Å². The minimum Gasteiger partial charge on any atom is -0.133 e. The summed E-state index contributed by atoms with van der Waals surface area (Å²) in [4.78, 5) is 0. The molecule has 0 aromatic heterocycles. The molecule has 0 nitrogen and oxygen atoms in total. The van der Waals surface area contributed by atoms with Crippen molar-refractivity contribution in [3.8, 4) is 0 Å². The first-order valence-electron chi connectivity index (χ1n) is 4.90. The number of hydrogen-bond donors (Lipinski definition) is 0. The first-order valence-corrected chi connectivity index (χ1v) is 4.90. The van der Waals surface area contributed by atoms with Crippen LogP contribution in [-0.2, 0) is 0 Å². The summed E-state index contributed by atoms with van der Waals surface area (Å²) in [5.41, 5.74) is 4.06. The summed E-state index contributed by atoms with van der Waals surface area (Å²) in [7, 11) is 0. The zero-order valence-electron chi connectivity index (χ0n) is 8.61. The van der Waals surface area contributed by atoms with Crippen LogP contribution in [0.1, 0.15) is 18.9 Å². The molecule has 0 bridgehead atoms. The fraction of sp³-hybridized carbons (Fsp3) is 0.214. The number of rotatable bonds is 4. The Morgan fingerprint density at radius 1 is 1.36 bits per heavy atom. The van der Waals surface area contributed by atoms with Crippen LogP contribution in [0, 0.1) is 5.92 Å². The van der Waals surface area contributed by atoms with Gasteiger partial charge in [-0.05, 0) is 24.0 Å². The number of benzene rings is 1. The minimum absolute atomic E-state index is 0.521. The highest BCUT2D eigenvalue weighted by Crippen LogP contribution is 2.07. The summed E-state index contributed by atoms with van der Waals surface area (Å²) in [6.07, 6.45) is 7.37. The van der Waals surface area contributed by atoms with Crippen LogP contribution in [0.4, 0.5) is 0 Å². The van der Waals surface area contributed by atoms with Crippen molar-refractivity contribution in [2.75, 3.05) is 0 Å². The minimum atomic E-state index is 0.521. The average Bonchev–Trinajstić information content (AvgIpc) is 2.20. The van der Waals surface area contributed by atoms with Crippen LogP contribution in [0.3, 0.4) is 0 Å². The van der Waals surface area contributed by atoms with Gasteiger partial charge < -0.3 is 0 Å². The molecule has 0 heterocycles. The first kappa shape index (κ1) is 10.6. The molecule has 0 heteroatoms. The van der Waals surface area contributed by atoms with Crippen molar-refractivity contribution in [3.05, 3.63) is 60.4 Å². The Bertz CT molecular complexity index is 326. The Balaban J connectivity index is 2.45. The molecule has 0 radical (unpaired) electrons. The molecule has 0 spiro atoms. The van der Waals surface area contributed by atoms with E-state index in [0.29, 0.717) is 5.92 Å². The molecule has 1 atom stereocenters. The fourth-order valence-corrected chi connectivity index (χ4v) is 1.25. The summed E-state index contributed by atoms with van der Waals surface area (Å²) >= 11 is 0. The maximum atomic E-state index is 3.56. The molecule has 1 aromatic rings. The van der Waals surface area contributed by atoms with Gasteiger partial charge in [0.15, 0.2) is 0 Å². The fourth-order valence-electron chi connectivity index (χ4n) is 1.25. The van der Waals surface area contributed by atoms with Crippen molar-refractivity contribution >= 4 is 6.08 Å². The molecule has 0 amide bonds. The van der Waals surface area contributed by atoms with E-state index in [2.05, 4.69) is 43.5 Å². The highest BCUT2D eigenvalue weighted by molar-refractivity contribution is 5.48. The predicted octanol–water partition coefficient (Wildman–Crippen LogP) is 4.07. The third-order valence-electron chi connectivity index (χ3n) is 2.02. The van der Waals surface area contributed by atoms with E-state index in [1.54, 1.807) is 0 Å². The lowest BCUT2D eigenvalue weighted by atomic mass is 10.1. The maximum absolute atomic E-state index is 3.56. The van der Waals surface area contributed by atoms with Crippen molar-refractivity contribution in [1.29, 1.82) is 0 Å². The summed E-state index contributed by atoms with van der Waals surface area (Å²) in [5.74, 6) is 0.521. The van der Waals surface area contributed by atoms with Crippen LogP contribution in [0.5, 0.6) is 0 Å². The third kappa shape index (κ3) is 3.93. The molecule has 14 heavy (non-hydrogen) atoms. The lowest BCUT2D eigenvalue weighted by Gasteiger charge is -1.98. The Labute approximate surface area is 86.3 Å². The van der Waals surface area contributed by atoms with Crippen LogP contribution in [0.15, 0.2) is 54.8 Å². The highest BCUT2D eigenvalue weighted by Gasteiger charge is 1.91. The van der Waals surface area contributed by atoms with Gasteiger partial charge >= 0.3 is 0 Å². The Morgan fingerprint density at radius 3 is 2.71 bits per heavy atom. The first-order chi connectivity index (χ1) is 6.83. The normalized spacial score (nSPS) is 12.4. The lowest BCUT2D eigenvalue weighted by molar-refractivity contribution is 0.747. The van der Waals surface area contributed by atoms with E-state index in [0.717, 1.165) is 6.42 Å². The van der Waals surface area contributed by atoms with Gasteiger partial charge in [-0.25, -0.2) is 0 Å². The quantitative estimate of drug-likeness (QED) is 0.619. The predicted molar refractivity (Wildman–Crippen MR) is 63.0 cm³/mol. The van der Waals surface area contributed by atoms with Gasteiger partial charge in [0.2, 0.25) is 0 Å². The van der Waals surface area contributed by atoms with E-state index in [1.807, 2.05) is 24.3 Å². The van der Waals surface area contributed by atoms with Crippen molar-refractivity contribution in [2.24, 2.45) is 5.92 Å². The molecule has 0 N–H and O–H groups in total. The molecule has 0 unspecified atom stereocenters. The van der Waals surface area contributed by atoms with Gasteiger partial charge in [0.25, 0.3) is 0 Å². The largest absolute Gasteiger partial charge is 0.133 e. The lowest BCUT2D eigenvalue weighted by Crippen LogP contribution is -1.84. The standard InChI is InChI=1S/C14H16/c1-3-8-13(2)9-7-12-14-10-5-4-6-11-14/h4-8,10-13H,1,9H2,2H3/b12-7+/t13-/m0/s1. The van der Waals surface area contributed by atoms with E-state index in [9.17, 15) is 0 Å². The number of hydrogen-bond acceptors (Lipinski definition) is 0. The zero-order valence-corrected chi connectivity index (χ0v) is 8.61. The van der Waals surface area contributed by atoms with E-state index in [1.165, 1.54) is 5.56 Å². The molecule has 1 aromatic carbocycles. The van der Waals surface area contributed by atoms with E-state index in [4.69, 9.17) is 0 Å². The third-order valence-corrected chi connectivity index (χ3v) is 2.02. The second-order valence-electron chi connectivity index (χ2n) is 3.40. The van der Waals surface area contributed by atoms with Crippen molar-refractivity contribution in [2.45, 2.75) is 13.3 Å². The molecule has 0 saturated heterocycles. The molecular weight excluding hydrogens is 168 g/mol. The number of allylic oxidation sites excluding steroid dienone is 2. The monoisotopic (exact) mass is 184 g/mol. The van der Waals surface area contributed by atoms with Gasteiger partial charge in [-0.15, -0.1) is 5.73 Å². The second kappa shape index (κ2) is 6.01. The molecule has 1 rings (SSSR count). The summed E-state index contributed by atoms with van der Waals surface area (Å²) in [5, 5.41) is 0. The van der Waals surface area contributed by atoms with Gasteiger partial charge in [-0.3, -0.25) is 0 Å². The molecule has 72 valence electrons. The summed E-state index contributed by atoms with van der Waals surface area (Å²) in [6, 6.07) is 10.3. The topological polar surface area (TPSA) is 0 Å². The van der Waals surface area contributed by atoms with Crippen LogP contribution < -0.4 is 0 Å². The van der Waals surface area contributed by atoms with Gasteiger partial charge in [0, 0.05) is 0 Å². The summed E-state index contributed by atoms with van der Waals surface area (Å²) in [6.45, 7) is 5.72. The molecular formula is C14H16. The SMILES string of the molecule is C=C=C[C@H](C)C/C=C/c1ccccc1. The molecule has 0 fully saturated rings. The van der Waals surface area contributed by atoms with Gasteiger partial charge in [-0.2, -0.15) is 0 Å². The highest BCUT2D eigenvalue weighted by atomic mass is 14.0. The Morgan fingerprint density at radius 2 is 2.07 bits per heavy atom. The van der Waals surface area contributed by atoms with E-state index in [-0.39, 0.29) is 0 Å². The van der Waals surface area contributed by atoms with Crippen LogP contribution >= 0.6 is 0 Å². The van der Waals surface area contributed by atoms with Gasteiger partial charge in [0.1, 0.15) is 0 Å². The Kier molecular flexibility index (Phi) is 4.54. The van der Waals surface area contributed by atoms with Crippen molar-refractivity contribution in [1.82, 2.24) is 0 Å². The molecule has 0 aliphatic rings. The van der Waals surface area contributed by atoms with Crippen LogP contribution in [0.25, 0.3) is 6.08 Å². The maximum Gasteiger partial charge on any atom is -0.0151 e. The van der Waals surface area contributed by atoms with Gasteiger partial charge in [-0.1, -0.05) is 56.0 Å². The molecule has 0 aliphatic carbocycles. The summed E-state index contributed by atoms with van der Waals surface area (Å²) < 4.78 is 0. The van der Waals surface area contributed by atoms with Crippen molar-refractivity contribution in [3.63, 3.8) is 0 Å². The van der Waals surface area contributed by atoms with Gasteiger partial charge in [0.05, 0.1) is 0 Å². The Hall–Kier alpha value is -1.52. The van der Waals surface area contributed by atoms with E-state index < -0.39 is 0 Å².